The van der Waals surface area contributed by atoms with Crippen molar-refractivity contribution in [3.8, 4) is 17.3 Å². The number of hydrogen-bond donors (Lipinski definition) is 2. The van der Waals surface area contributed by atoms with Crippen LogP contribution in [0.4, 0.5) is 27.5 Å². The maximum Gasteiger partial charge on any atom is 0.227 e. The summed E-state index contributed by atoms with van der Waals surface area (Å²) in [6.07, 6.45) is 5.36. The van der Waals surface area contributed by atoms with Gasteiger partial charge in [-0.2, -0.15) is 5.26 Å². The summed E-state index contributed by atoms with van der Waals surface area (Å²) in [5.41, 5.74) is 3.59. The number of piperidine rings is 1. The second-order valence-corrected chi connectivity index (χ2v) is 9.06. The first-order valence-electron chi connectivity index (χ1n) is 12.0. The Bertz CT molecular complexity index is 1200. The van der Waals surface area contributed by atoms with Crippen molar-refractivity contribution >= 4 is 23.1 Å². The molecular formula is C26H29FN8. The molecule has 2 saturated heterocycles. The van der Waals surface area contributed by atoms with Gasteiger partial charge in [0.1, 0.15) is 18.1 Å². The minimum Gasteiger partial charge on any atom is -0.367 e. The molecule has 2 aliphatic rings. The normalized spacial score (nSPS) is 18.3. The Kier molecular flexibility index (Phi) is 6.73. The lowest BCUT2D eigenvalue weighted by Crippen LogP contribution is -2.41. The SMILES string of the molecule is CN(c1ccc(Nc2nccc(-c3ccc(N4CC[C@H](F)C4)c(C#N)c3)n2)cn1)C1CCNCC1. The third-order valence-corrected chi connectivity index (χ3v) is 6.76. The van der Waals surface area contributed by atoms with Crippen LogP contribution in [0.2, 0.25) is 0 Å². The number of pyridine rings is 1. The minimum absolute atomic E-state index is 0.329. The third kappa shape index (κ3) is 5.17. The Morgan fingerprint density at radius 1 is 1.14 bits per heavy atom. The van der Waals surface area contributed by atoms with Crippen LogP contribution in [0.25, 0.3) is 11.3 Å². The van der Waals surface area contributed by atoms with Crippen LogP contribution in [-0.4, -0.2) is 60.4 Å². The summed E-state index contributed by atoms with van der Waals surface area (Å²) in [4.78, 5) is 17.8. The van der Waals surface area contributed by atoms with E-state index >= 15 is 0 Å². The summed E-state index contributed by atoms with van der Waals surface area (Å²) in [5, 5.41) is 16.3. The van der Waals surface area contributed by atoms with Crippen molar-refractivity contribution in [3.05, 3.63) is 54.4 Å². The maximum atomic E-state index is 13.7. The van der Waals surface area contributed by atoms with Crippen molar-refractivity contribution in [3.63, 3.8) is 0 Å². The molecule has 4 heterocycles. The van der Waals surface area contributed by atoms with Gasteiger partial charge in [-0.15, -0.1) is 0 Å². The molecule has 0 spiro atoms. The van der Waals surface area contributed by atoms with E-state index in [2.05, 4.69) is 43.6 Å². The molecular weight excluding hydrogens is 443 g/mol. The highest BCUT2D eigenvalue weighted by Gasteiger charge is 2.24. The summed E-state index contributed by atoms with van der Waals surface area (Å²) in [7, 11) is 2.10. The molecule has 2 fully saturated rings. The fraction of sp³-hybridized carbons (Fsp3) is 0.385. The first-order valence-corrected chi connectivity index (χ1v) is 12.0. The van der Waals surface area contributed by atoms with Gasteiger partial charge in [-0.1, -0.05) is 6.07 Å². The highest BCUT2D eigenvalue weighted by Crippen LogP contribution is 2.30. The first-order chi connectivity index (χ1) is 17.1. The van der Waals surface area contributed by atoms with E-state index in [1.54, 1.807) is 18.5 Å². The number of nitriles is 1. The topological polar surface area (TPSA) is 93.0 Å². The molecule has 0 aliphatic carbocycles. The average molecular weight is 473 g/mol. The Morgan fingerprint density at radius 3 is 2.71 bits per heavy atom. The molecule has 2 N–H and O–H groups in total. The first kappa shape index (κ1) is 23.0. The fourth-order valence-electron chi connectivity index (χ4n) is 4.76. The number of anilines is 4. The second kappa shape index (κ2) is 10.2. The van der Waals surface area contributed by atoms with E-state index in [1.165, 1.54) is 0 Å². The van der Waals surface area contributed by atoms with Gasteiger partial charge in [-0.25, -0.2) is 19.3 Å². The van der Waals surface area contributed by atoms with E-state index in [4.69, 9.17) is 0 Å². The van der Waals surface area contributed by atoms with Gasteiger partial charge < -0.3 is 20.4 Å². The van der Waals surface area contributed by atoms with Gasteiger partial charge in [-0.3, -0.25) is 0 Å². The molecule has 180 valence electrons. The number of hydrogen-bond acceptors (Lipinski definition) is 8. The number of alkyl halides is 1. The molecule has 2 aromatic heterocycles. The molecule has 1 atom stereocenters. The lowest BCUT2D eigenvalue weighted by Gasteiger charge is -2.32. The van der Waals surface area contributed by atoms with Crippen LogP contribution < -0.4 is 20.4 Å². The van der Waals surface area contributed by atoms with Crippen LogP contribution in [0.15, 0.2) is 48.8 Å². The van der Waals surface area contributed by atoms with Crippen molar-refractivity contribution in [1.29, 1.82) is 5.26 Å². The molecule has 8 nitrogen and oxygen atoms in total. The summed E-state index contributed by atoms with van der Waals surface area (Å²) >= 11 is 0. The molecule has 0 saturated carbocycles. The van der Waals surface area contributed by atoms with Crippen molar-refractivity contribution < 1.29 is 4.39 Å². The lowest BCUT2D eigenvalue weighted by atomic mass is 10.1. The Balaban J connectivity index is 1.30. The van der Waals surface area contributed by atoms with Gasteiger partial charge in [0.05, 0.1) is 28.8 Å². The van der Waals surface area contributed by atoms with Gasteiger partial charge >= 0.3 is 0 Å². The summed E-state index contributed by atoms with van der Waals surface area (Å²) in [6, 6.07) is 14.1. The van der Waals surface area contributed by atoms with Crippen LogP contribution in [0.5, 0.6) is 0 Å². The van der Waals surface area contributed by atoms with Gasteiger partial charge in [0.15, 0.2) is 0 Å². The molecule has 2 aliphatic heterocycles. The molecule has 0 bridgehead atoms. The minimum atomic E-state index is -0.842. The predicted octanol–water partition coefficient (Wildman–Crippen LogP) is 3.89. The fourth-order valence-corrected chi connectivity index (χ4v) is 4.76. The van der Waals surface area contributed by atoms with Crippen LogP contribution in [0.1, 0.15) is 24.8 Å². The van der Waals surface area contributed by atoms with E-state index in [9.17, 15) is 9.65 Å². The molecule has 3 aromatic rings. The highest BCUT2D eigenvalue weighted by atomic mass is 19.1. The standard InChI is InChI=1S/C26H29FN8/c1-34(22-6-10-29-11-7-22)25-5-3-21(16-31-25)32-26-30-12-8-23(33-26)18-2-4-24(19(14-18)15-28)35-13-9-20(27)17-35/h2-5,8,12,14,16,20,22,29H,6-7,9-11,13,17H2,1H3,(H,30,32,33)/t20-/m0/s1. The molecule has 1 aromatic carbocycles. The lowest BCUT2D eigenvalue weighted by molar-refractivity contribution is 0.364. The zero-order chi connectivity index (χ0) is 24.2. The van der Waals surface area contributed by atoms with E-state index in [0.717, 1.165) is 48.7 Å². The monoisotopic (exact) mass is 472 g/mol. The molecule has 35 heavy (non-hydrogen) atoms. The quantitative estimate of drug-likeness (QED) is 0.558. The summed E-state index contributed by atoms with van der Waals surface area (Å²) in [5.74, 6) is 1.39. The third-order valence-electron chi connectivity index (χ3n) is 6.76. The van der Waals surface area contributed by atoms with Crippen molar-refractivity contribution in [2.24, 2.45) is 0 Å². The molecule has 0 amide bonds. The number of rotatable bonds is 6. The van der Waals surface area contributed by atoms with Gasteiger partial charge in [-0.05, 0) is 62.7 Å². The Hall–Kier alpha value is -3.77. The highest BCUT2D eigenvalue weighted by molar-refractivity contribution is 5.70. The average Bonchev–Trinajstić information content (AvgIpc) is 3.35. The van der Waals surface area contributed by atoms with Crippen LogP contribution in [0.3, 0.4) is 0 Å². The number of nitrogens with zero attached hydrogens (tertiary/aromatic N) is 6. The van der Waals surface area contributed by atoms with E-state index in [1.807, 2.05) is 35.2 Å². The van der Waals surface area contributed by atoms with E-state index in [0.29, 0.717) is 42.8 Å². The molecule has 0 radical (unpaired) electrons. The molecule has 0 unspecified atom stereocenters. The van der Waals surface area contributed by atoms with Gasteiger partial charge in [0.2, 0.25) is 5.95 Å². The van der Waals surface area contributed by atoms with Gasteiger partial charge in [0.25, 0.3) is 0 Å². The molecule has 5 rings (SSSR count). The molecule has 9 heteroatoms. The number of nitrogens with one attached hydrogen (secondary N) is 2. The van der Waals surface area contributed by atoms with E-state index in [-0.39, 0.29) is 0 Å². The maximum absolute atomic E-state index is 13.7. The largest absolute Gasteiger partial charge is 0.367 e. The van der Waals surface area contributed by atoms with Gasteiger partial charge in [0, 0.05) is 37.9 Å². The van der Waals surface area contributed by atoms with Crippen molar-refractivity contribution in [2.45, 2.75) is 31.5 Å². The van der Waals surface area contributed by atoms with Crippen LogP contribution >= 0.6 is 0 Å². The zero-order valence-electron chi connectivity index (χ0n) is 19.8. The van der Waals surface area contributed by atoms with Crippen LogP contribution in [-0.2, 0) is 0 Å². The second-order valence-electron chi connectivity index (χ2n) is 9.06. The van der Waals surface area contributed by atoms with Crippen molar-refractivity contribution in [1.82, 2.24) is 20.3 Å². The smallest absolute Gasteiger partial charge is 0.227 e. The number of benzene rings is 1. The predicted molar refractivity (Wildman–Crippen MR) is 136 cm³/mol. The Labute approximate surface area is 204 Å². The van der Waals surface area contributed by atoms with Crippen LogP contribution in [0, 0.1) is 11.3 Å². The summed E-state index contributed by atoms with van der Waals surface area (Å²) < 4.78 is 13.7. The van der Waals surface area contributed by atoms with E-state index < -0.39 is 6.17 Å². The zero-order valence-corrected chi connectivity index (χ0v) is 19.8. The number of aromatic nitrogens is 3. The Morgan fingerprint density at radius 2 is 2.00 bits per heavy atom. The summed E-state index contributed by atoms with van der Waals surface area (Å²) in [6.45, 7) is 3.03. The number of halogens is 1. The van der Waals surface area contributed by atoms with Crippen molar-refractivity contribution in [2.75, 3.05) is 48.3 Å².